The van der Waals surface area contributed by atoms with E-state index in [0.717, 1.165) is 57.7 Å². The molecule has 4 nitrogen and oxygen atoms in total. The van der Waals surface area contributed by atoms with Gasteiger partial charge in [-0.05, 0) is 60.7 Å². The summed E-state index contributed by atoms with van der Waals surface area (Å²) in [7, 11) is 0. The highest BCUT2D eigenvalue weighted by Gasteiger charge is 2.29. The number of nitrogens with zero attached hydrogens (tertiary/aromatic N) is 3. The molecule has 1 atom stereocenters. The quantitative estimate of drug-likeness (QED) is 0.251. The number of anilines is 1. The van der Waals surface area contributed by atoms with E-state index in [9.17, 15) is 4.79 Å². The van der Waals surface area contributed by atoms with Crippen LogP contribution in [0.15, 0.2) is 109 Å². The molecule has 2 aliphatic heterocycles. The highest BCUT2D eigenvalue weighted by molar-refractivity contribution is 5.98. The molecule has 0 aromatic heterocycles. The molecule has 0 N–H and O–H groups in total. The number of amides is 1. The fourth-order valence-electron chi connectivity index (χ4n) is 6.39. The van der Waals surface area contributed by atoms with Gasteiger partial charge in [0.1, 0.15) is 0 Å². The van der Waals surface area contributed by atoms with Gasteiger partial charge >= 0.3 is 0 Å². The average Bonchev–Trinajstić information content (AvgIpc) is 3.03. The summed E-state index contributed by atoms with van der Waals surface area (Å²) < 4.78 is 0. The Morgan fingerprint density at radius 2 is 1.25 bits per heavy atom. The Balaban J connectivity index is 1.09. The van der Waals surface area contributed by atoms with Crippen molar-refractivity contribution >= 4 is 11.6 Å². The summed E-state index contributed by atoms with van der Waals surface area (Å²) in [5.74, 6) is 0.569. The molecule has 0 bridgehead atoms. The fraction of sp³-hybridized carbons (Fsp3) is 0.306. The first-order chi connectivity index (χ1) is 19.7. The molecule has 40 heavy (non-hydrogen) atoms. The Hall–Kier alpha value is -3.89. The molecule has 1 unspecified atom stereocenters. The van der Waals surface area contributed by atoms with Crippen LogP contribution in [0.3, 0.4) is 0 Å². The lowest BCUT2D eigenvalue weighted by molar-refractivity contribution is 0.0673. The maximum atomic E-state index is 13.6. The topological polar surface area (TPSA) is 26.8 Å². The van der Waals surface area contributed by atoms with Crippen molar-refractivity contribution in [3.8, 4) is 0 Å². The van der Waals surface area contributed by atoms with E-state index < -0.39 is 0 Å². The third-order valence-electron chi connectivity index (χ3n) is 8.83. The van der Waals surface area contributed by atoms with Crippen LogP contribution in [0, 0.1) is 0 Å². The summed E-state index contributed by atoms with van der Waals surface area (Å²) in [6.07, 6.45) is 2.02. The number of hydrogen-bond acceptors (Lipinski definition) is 3. The SMILES string of the molecule is CC(c1ccccc1)N1CCc2ccc(N3CCN(CCC(c4ccccc4)c4ccccc4)CC3)cc2C1=O. The number of fused-ring (bicyclic) bond motifs is 1. The highest BCUT2D eigenvalue weighted by Crippen LogP contribution is 2.31. The standard InChI is InChI=1S/C36H39N3O/c1-28(29-11-5-2-6-12-29)39-22-19-32-17-18-33(27-35(32)36(39)40)38-25-23-37(24-26-38)21-20-34(30-13-7-3-8-14-30)31-15-9-4-10-16-31/h2-18,27-28,34H,19-26H2,1H3. The Morgan fingerprint density at radius 1 is 0.675 bits per heavy atom. The summed E-state index contributed by atoms with van der Waals surface area (Å²) >= 11 is 0. The van der Waals surface area contributed by atoms with Crippen LogP contribution in [0.25, 0.3) is 0 Å². The Kier molecular flexibility index (Phi) is 7.97. The lowest BCUT2D eigenvalue weighted by Gasteiger charge is -2.38. The van der Waals surface area contributed by atoms with E-state index >= 15 is 0 Å². The Bertz CT molecular complexity index is 1360. The first-order valence-corrected chi connectivity index (χ1v) is 14.7. The largest absolute Gasteiger partial charge is 0.369 e. The van der Waals surface area contributed by atoms with Crippen molar-refractivity contribution in [2.24, 2.45) is 0 Å². The van der Waals surface area contributed by atoms with Gasteiger partial charge in [-0.1, -0.05) is 97.1 Å². The Labute approximate surface area is 238 Å². The van der Waals surface area contributed by atoms with Crippen molar-refractivity contribution in [1.29, 1.82) is 0 Å². The van der Waals surface area contributed by atoms with Gasteiger partial charge in [-0.2, -0.15) is 0 Å². The van der Waals surface area contributed by atoms with Gasteiger partial charge in [0.25, 0.3) is 5.91 Å². The number of carbonyl (C=O) groups excluding carboxylic acids is 1. The minimum absolute atomic E-state index is 0.0737. The fourth-order valence-corrected chi connectivity index (χ4v) is 6.39. The Morgan fingerprint density at radius 3 is 1.85 bits per heavy atom. The minimum Gasteiger partial charge on any atom is -0.369 e. The van der Waals surface area contributed by atoms with Gasteiger partial charge < -0.3 is 9.80 Å². The molecule has 204 valence electrons. The number of rotatable bonds is 8. The summed E-state index contributed by atoms with van der Waals surface area (Å²) in [5.41, 5.74) is 7.20. The molecular weight excluding hydrogens is 490 g/mol. The zero-order valence-electron chi connectivity index (χ0n) is 23.5. The van der Waals surface area contributed by atoms with E-state index in [1.54, 1.807) is 0 Å². The van der Waals surface area contributed by atoms with Crippen LogP contribution in [0.1, 0.15) is 57.9 Å². The second kappa shape index (κ2) is 12.1. The van der Waals surface area contributed by atoms with Crippen molar-refractivity contribution in [1.82, 2.24) is 9.80 Å². The average molecular weight is 530 g/mol. The first-order valence-electron chi connectivity index (χ1n) is 14.7. The van der Waals surface area contributed by atoms with Crippen LogP contribution in [0.4, 0.5) is 5.69 Å². The molecule has 4 aromatic carbocycles. The van der Waals surface area contributed by atoms with Gasteiger partial charge in [0.15, 0.2) is 0 Å². The third kappa shape index (κ3) is 5.68. The molecule has 2 aliphatic rings. The van der Waals surface area contributed by atoms with Crippen molar-refractivity contribution in [2.75, 3.05) is 44.2 Å². The summed E-state index contributed by atoms with van der Waals surface area (Å²) in [4.78, 5) is 20.7. The van der Waals surface area contributed by atoms with Crippen molar-refractivity contribution < 1.29 is 4.79 Å². The minimum atomic E-state index is 0.0737. The molecule has 1 amide bonds. The molecule has 1 saturated heterocycles. The normalized spacial score (nSPS) is 16.7. The number of carbonyl (C=O) groups is 1. The molecule has 2 heterocycles. The van der Waals surface area contributed by atoms with Gasteiger partial charge in [-0.15, -0.1) is 0 Å². The third-order valence-corrected chi connectivity index (χ3v) is 8.83. The van der Waals surface area contributed by atoms with E-state index in [-0.39, 0.29) is 11.9 Å². The van der Waals surface area contributed by atoms with Gasteiger partial charge in [-0.3, -0.25) is 9.69 Å². The maximum Gasteiger partial charge on any atom is 0.254 e. The zero-order valence-corrected chi connectivity index (χ0v) is 23.5. The van der Waals surface area contributed by atoms with Crippen LogP contribution in [-0.4, -0.2) is 55.0 Å². The maximum absolute atomic E-state index is 13.6. The highest BCUT2D eigenvalue weighted by atomic mass is 16.2. The van der Waals surface area contributed by atoms with Gasteiger partial charge in [0.05, 0.1) is 6.04 Å². The molecule has 0 radical (unpaired) electrons. The summed E-state index contributed by atoms with van der Waals surface area (Å²) in [5, 5.41) is 0. The smallest absolute Gasteiger partial charge is 0.254 e. The monoisotopic (exact) mass is 529 g/mol. The molecule has 0 saturated carbocycles. The summed E-state index contributed by atoms with van der Waals surface area (Å²) in [6, 6.07) is 38.8. The van der Waals surface area contributed by atoms with Crippen LogP contribution in [-0.2, 0) is 6.42 Å². The van der Waals surface area contributed by atoms with Crippen LogP contribution in [0.5, 0.6) is 0 Å². The second-order valence-corrected chi connectivity index (χ2v) is 11.2. The number of hydrogen-bond donors (Lipinski definition) is 0. The van der Waals surface area contributed by atoms with Crippen molar-refractivity contribution in [3.05, 3.63) is 137 Å². The van der Waals surface area contributed by atoms with Crippen molar-refractivity contribution in [3.63, 3.8) is 0 Å². The molecule has 1 fully saturated rings. The van der Waals surface area contributed by atoms with Crippen LogP contribution in [0.2, 0.25) is 0 Å². The van der Waals surface area contributed by atoms with Crippen LogP contribution < -0.4 is 4.90 Å². The van der Waals surface area contributed by atoms with Crippen molar-refractivity contribution in [2.45, 2.75) is 31.7 Å². The molecule has 4 aromatic rings. The van der Waals surface area contributed by atoms with Gasteiger partial charge in [-0.25, -0.2) is 0 Å². The lowest BCUT2D eigenvalue weighted by Crippen LogP contribution is -2.47. The van der Waals surface area contributed by atoms with Crippen LogP contribution >= 0.6 is 0 Å². The molecule has 6 rings (SSSR count). The zero-order chi connectivity index (χ0) is 27.3. The van der Waals surface area contributed by atoms with E-state index in [2.05, 4.69) is 120 Å². The first kappa shape index (κ1) is 26.3. The molecular formula is C36H39N3O. The van der Waals surface area contributed by atoms with E-state index in [1.165, 1.54) is 27.9 Å². The molecule has 0 aliphatic carbocycles. The van der Waals surface area contributed by atoms with E-state index in [4.69, 9.17) is 0 Å². The number of benzene rings is 4. The summed E-state index contributed by atoms with van der Waals surface area (Å²) in [6.45, 7) is 8.04. The number of piperazine rings is 1. The predicted molar refractivity (Wildman–Crippen MR) is 164 cm³/mol. The second-order valence-electron chi connectivity index (χ2n) is 11.2. The molecule has 0 spiro atoms. The van der Waals surface area contributed by atoms with Gasteiger partial charge in [0, 0.05) is 49.9 Å². The molecule has 4 heteroatoms. The lowest BCUT2D eigenvalue weighted by atomic mass is 9.88. The van der Waals surface area contributed by atoms with E-state index in [1.807, 2.05) is 11.0 Å². The van der Waals surface area contributed by atoms with Gasteiger partial charge in [0.2, 0.25) is 0 Å². The predicted octanol–water partition coefficient (Wildman–Crippen LogP) is 6.79. The van der Waals surface area contributed by atoms with E-state index in [0.29, 0.717) is 5.92 Å².